The van der Waals surface area contributed by atoms with E-state index in [1.165, 1.54) is 6.26 Å². The first-order valence-electron chi connectivity index (χ1n) is 9.46. The van der Waals surface area contributed by atoms with Crippen LogP contribution in [0.4, 0.5) is 5.69 Å². The van der Waals surface area contributed by atoms with Gasteiger partial charge in [0.05, 0.1) is 31.1 Å². The number of anilines is 1. The number of likely N-dealkylation sites (N-methyl/N-ethyl adjacent to an activating group) is 1. The zero-order valence-electron chi connectivity index (χ0n) is 17.3. The minimum absolute atomic E-state index is 0.0971. The maximum Gasteiger partial charge on any atom is 0.279 e. The molecule has 8 heteroatoms. The summed E-state index contributed by atoms with van der Waals surface area (Å²) in [5, 5.41) is 8.39. The minimum atomic E-state index is -0.318. The molecule has 4 N–H and O–H groups in total. The van der Waals surface area contributed by atoms with E-state index in [4.69, 9.17) is 4.42 Å². The van der Waals surface area contributed by atoms with Crippen molar-refractivity contribution in [2.24, 2.45) is 0 Å². The lowest BCUT2D eigenvalue weighted by molar-refractivity contribution is -0.862. The molecule has 0 aliphatic heterocycles. The molecule has 0 bridgehead atoms. The number of quaternary nitrogens is 1. The van der Waals surface area contributed by atoms with E-state index < -0.39 is 0 Å². The fourth-order valence-electron chi connectivity index (χ4n) is 2.73. The number of hydrogen-bond acceptors (Lipinski definition) is 4. The second-order valence-electron chi connectivity index (χ2n) is 7.96. The van der Waals surface area contributed by atoms with Crippen molar-refractivity contribution in [3.63, 3.8) is 0 Å². The van der Waals surface area contributed by atoms with Crippen LogP contribution in [-0.4, -0.2) is 43.4 Å². The third kappa shape index (κ3) is 7.79. The Hall–Kier alpha value is -3.13. The predicted molar refractivity (Wildman–Crippen MR) is 109 cm³/mol. The van der Waals surface area contributed by atoms with Crippen LogP contribution in [0.25, 0.3) is 0 Å². The molecule has 156 valence electrons. The minimum Gasteiger partial charge on any atom is -0.467 e. The van der Waals surface area contributed by atoms with E-state index in [0.29, 0.717) is 17.0 Å². The fourth-order valence-corrected chi connectivity index (χ4v) is 2.73. The highest BCUT2D eigenvalue weighted by Gasteiger charge is 2.20. The fraction of sp³-hybridized carbons (Fsp3) is 0.381. The van der Waals surface area contributed by atoms with Crippen LogP contribution in [0.5, 0.6) is 0 Å². The van der Waals surface area contributed by atoms with Crippen LogP contribution in [0.3, 0.4) is 0 Å². The first-order valence-corrected chi connectivity index (χ1v) is 9.46. The summed E-state index contributed by atoms with van der Waals surface area (Å²) < 4.78 is 5.20. The molecular formula is C21H29N4O4+. The summed E-state index contributed by atoms with van der Waals surface area (Å²) >= 11 is 0. The molecular weight excluding hydrogens is 372 g/mol. The smallest absolute Gasteiger partial charge is 0.279 e. The van der Waals surface area contributed by atoms with Gasteiger partial charge in [0, 0.05) is 5.54 Å². The van der Waals surface area contributed by atoms with Gasteiger partial charge >= 0.3 is 0 Å². The highest BCUT2D eigenvalue weighted by atomic mass is 16.3. The van der Waals surface area contributed by atoms with Gasteiger partial charge in [0.1, 0.15) is 5.76 Å². The highest BCUT2D eigenvalue weighted by Crippen LogP contribution is 2.15. The monoisotopic (exact) mass is 401 g/mol. The molecule has 0 radical (unpaired) electrons. The maximum absolute atomic E-state index is 12.5. The van der Waals surface area contributed by atoms with E-state index in [0.717, 1.165) is 4.90 Å². The SMILES string of the molecule is C[NH+](CC(=O)Nc1ccccc1C(=O)NCc1ccco1)CC(=O)NC(C)(C)C. The van der Waals surface area contributed by atoms with E-state index >= 15 is 0 Å². The maximum atomic E-state index is 12.5. The molecule has 29 heavy (non-hydrogen) atoms. The summed E-state index contributed by atoms with van der Waals surface area (Å²) in [6, 6.07) is 10.3. The predicted octanol–water partition coefficient (Wildman–Crippen LogP) is 0.578. The van der Waals surface area contributed by atoms with Gasteiger partial charge in [-0.25, -0.2) is 0 Å². The first-order chi connectivity index (χ1) is 13.6. The third-order valence-electron chi connectivity index (χ3n) is 3.89. The normalized spacial score (nSPS) is 12.1. The van der Waals surface area contributed by atoms with E-state index in [1.807, 2.05) is 20.8 Å². The molecule has 0 saturated carbocycles. The lowest BCUT2D eigenvalue weighted by Gasteiger charge is -2.21. The van der Waals surface area contributed by atoms with Crippen molar-refractivity contribution in [1.29, 1.82) is 0 Å². The topological polar surface area (TPSA) is 105 Å². The largest absolute Gasteiger partial charge is 0.467 e. The highest BCUT2D eigenvalue weighted by molar-refractivity contribution is 6.03. The number of rotatable bonds is 8. The van der Waals surface area contributed by atoms with Crippen LogP contribution in [0.1, 0.15) is 36.9 Å². The molecule has 0 fully saturated rings. The Morgan fingerprint density at radius 1 is 1.00 bits per heavy atom. The van der Waals surface area contributed by atoms with Crippen LogP contribution in [0.2, 0.25) is 0 Å². The summed E-state index contributed by atoms with van der Waals surface area (Å²) in [5.41, 5.74) is 0.457. The number of para-hydroxylation sites is 1. The Kier molecular flexibility index (Phi) is 7.55. The van der Waals surface area contributed by atoms with E-state index in [2.05, 4.69) is 16.0 Å². The van der Waals surface area contributed by atoms with Crippen molar-refractivity contribution >= 4 is 23.4 Å². The first kappa shape index (κ1) is 22.2. The summed E-state index contributed by atoms with van der Waals surface area (Å²) in [4.78, 5) is 37.6. The molecule has 8 nitrogen and oxygen atoms in total. The zero-order valence-corrected chi connectivity index (χ0v) is 17.3. The van der Waals surface area contributed by atoms with Gasteiger partial charge in [0.25, 0.3) is 17.7 Å². The Labute approximate surface area is 170 Å². The number of carbonyl (C=O) groups is 3. The van der Waals surface area contributed by atoms with E-state index in [-0.39, 0.29) is 42.9 Å². The molecule has 1 aromatic carbocycles. The van der Waals surface area contributed by atoms with Gasteiger partial charge in [-0.2, -0.15) is 0 Å². The quantitative estimate of drug-likeness (QED) is 0.519. The van der Waals surface area contributed by atoms with Crippen LogP contribution in [0.15, 0.2) is 47.1 Å². The van der Waals surface area contributed by atoms with Crippen molar-refractivity contribution in [3.05, 3.63) is 54.0 Å². The average Bonchev–Trinajstić information content (AvgIpc) is 3.11. The molecule has 1 atom stereocenters. The Bertz CT molecular complexity index is 841. The van der Waals surface area contributed by atoms with Gasteiger partial charge in [-0.05, 0) is 45.0 Å². The van der Waals surface area contributed by atoms with Crippen molar-refractivity contribution in [2.45, 2.75) is 32.9 Å². The summed E-state index contributed by atoms with van der Waals surface area (Å²) in [5.74, 6) is -0.0842. The van der Waals surface area contributed by atoms with Crippen molar-refractivity contribution in [3.8, 4) is 0 Å². The molecule has 2 rings (SSSR count). The molecule has 0 aliphatic carbocycles. The number of nitrogens with one attached hydrogen (secondary N) is 4. The molecule has 0 spiro atoms. The van der Waals surface area contributed by atoms with Crippen LogP contribution in [-0.2, 0) is 16.1 Å². The van der Waals surface area contributed by atoms with Gasteiger partial charge in [-0.3, -0.25) is 14.4 Å². The molecule has 1 heterocycles. The van der Waals surface area contributed by atoms with E-state index in [9.17, 15) is 14.4 Å². The van der Waals surface area contributed by atoms with Crippen LogP contribution < -0.4 is 20.9 Å². The van der Waals surface area contributed by atoms with Crippen LogP contribution >= 0.6 is 0 Å². The lowest BCUT2D eigenvalue weighted by Crippen LogP contribution is -3.11. The molecule has 1 unspecified atom stereocenters. The molecule has 3 amide bonds. The molecule has 0 aliphatic rings. The molecule has 0 saturated heterocycles. The van der Waals surface area contributed by atoms with Crippen molar-refractivity contribution in [2.75, 3.05) is 25.5 Å². The molecule has 2 aromatic rings. The summed E-state index contributed by atoms with van der Waals surface area (Å²) in [6.07, 6.45) is 1.54. The lowest BCUT2D eigenvalue weighted by atomic mass is 10.1. The number of hydrogen-bond donors (Lipinski definition) is 4. The van der Waals surface area contributed by atoms with Crippen molar-refractivity contribution in [1.82, 2.24) is 10.6 Å². The Morgan fingerprint density at radius 2 is 1.69 bits per heavy atom. The number of carbonyl (C=O) groups excluding carboxylic acids is 3. The zero-order chi connectivity index (χ0) is 21.4. The number of amides is 3. The van der Waals surface area contributed by atoms with Gasteiger partial charge in [-0.15, -0.1) is 0 Å². The average molecular weight is 401 g/mol. The van der Waals surface area contributed by atoms with Gasteiger partial charge in [-0.1, -0.05) is 12.1 Å². The second-order valence-corrected chi connectivity index (χ2v) is 7.96. The third-order valence-corrected chi connectivity index (χ3v) is 3.89. The Morgan fingerprint density at radius 3 is 2.34 bits per heavy atom. The van der Waals surface area contributed by atoms with Gasteiger partial charge in [0.2, 0.25) is 0 Å². The second kappa shape index (κ2) is 9.88. The Balaban J connectivity index is 1.91. The van der Waals surface area contributed by atoms with Gasteiger partial charge in [0.15, 0.2) is 13.1 Å². The van der Waals surface area contributed by atoms with Crippen molar-refractivity contribution < 1.29 is 23.7 Å². The van der Waals surface area contributed by atoms with Gasteiger partial charge < -0.3 is 25.3 Å². The summed E-state index contributed by atoms with van der Waals surface area (Å²) in [6.45, 7) is 6.24. The number of furan rings is 1. The molecule has 1 aromatic heterocycles. The number of benzene rings is 1. The summed E-state index contributed by atoms with van der Waals surface area (Å²) in [7, 11) is 1.77. The van der Waals surface area contributed by atoms with Crippen LogP contribution in [0, 0.1) is 0 Å². The van der Waals surface area contributed by atoms with E-state index in [1.54, 1.807) is 43.4 Å². The standard InChI is InChI=1S/C21H28N4O4/c1-21(2,3)24-19(27)14-25(4)13-18(26)23-17-10-6-5-9-16(17)20(28)22-12-15-8-7-11-29-15/h5-11H,12-14H2,1-4H3,(H,22,28)(H,23,26)(H,24,27)/p+1.